The van der Waals surface area contributed by atoms with Gasteiger partial charge in [-0.1, -0.05) is 60.7 Å². The third-order valence-electron chi connectivity index (χ3n) is 4.59. The first-order valence-electron chi connectivity index (χ1n) is 8.63. The number of hydrogen-bond acceptors (Lipinski definition) is 3. The number of aryl methyl sites for hydroxylation is 2. The number of nitrogens with one attached hydrogen (secondary N) is 1. The van der Waals surface area contributed by atoms with Crippen LogP contribution < -0.4 is 5.32 Å². The number of carbonyl (C=O) groups excluding carboxylic acids is 1. The van der Waals surface area contributed by atoms with Crippen LogP contribution in [0.4, 0.5) is 11.4 Å². The maximum Gasteiger partial charge on any atom is 0.293 e. The van der Waals surface area contributed by atoms with Crippen molar-refractivity contribution >= 4 is 17.3 Å². The van der Waals surface area contributed by atoms with Gasteiger partial charge in [0.1, 0.15) is 5.69 Å². The van der Waals surface area contributed by atoms with Crippen LogP contribution in [-0.4, -0.2) is 10.8 Å². The van der Waals surface area contributed by atoms with Gasteiger partial charge in [0.05, 0.1) is 10.8 Å². The molecule has 0 aromatic heterocycles. The minimum atomic E-state index is -0.561. The molecular formula is C22H20N2O3. The molecule has 0 heterocycles. The lowest BCUT2D eigenvalue weighted by molar-refractivity contribution is -0.384. The van der Waals surface area contributed by atoms with Gasteiger partial charge in [0.25, 0.3) is 5.69 Å². The number of nitro groups is 1. The Balaban J connectivity index is 2.02. The predicted octanol–water partition coefficient (Wildman–Crippen LogP) is 4.98. The van der Waals surface area contributed by atoms with E-state index >= 15 is 0 Å². The van der Waals surface area contributed by atoms with Crippen molar-refractivity contribution < 1.29 is 9.72 Å². The molecule has 0 unspecified atom stereocenters. The highest BCUT2D eigenvalue weighted by atomic mass is 16.6. The molecule has 1 amide bonds. The molecule has 0 spiro atoms. The zero-order valence-corrected chi connectivity index (χ0v) is 15.2. The largest absolute Gasteiger partial charge is 0.320 e. The van der Waals surface area contributed by atoms with E-state index in [4.69, 9.17) is 0 Å². The number of benzene rings is 3. The minimum Gasteiger partial charge on any atom is -0.320 e. The Morgan fingerprint density at radius 3 is 1.85 bits per heavy atom. The predicted molar refractivity (Wildman–Crippen MR) is 106 cm³/mol. The summed E-state index contributed by atoms with van der Waals surface area (Å²) in [5.74, 6) is -0.868. The zero-order valence-electron chi connectivity index (χ0n) is 15.2. The Bertz CT molecular complexity index is 930. The molecule has 0 radical (unpaired) electrons. The van der Waals surface area contributed by atoms with Crippen molar-refractivity contribution in [3.05, 3.63) is 105 Å². The summed E-state index contributed by atoms with van der Waals surface area (Å²) in [5.41, 5.74) is 3.45. The summed E-state index contributed by atoms with van der Waals surface area (Å²) >= 11 is 0. The average molecular weight is 360 g/mol. The van der Waals surface area contributed by atoms with E-state index in [1.54, 1.807) is 6.07 Å². The molecule has 0 aliphatic carbocycles. The fourth-order valence-electron chi connectivity index (χ4n) is 3.04. The van der Waals surface area contributed by atoms with Crippen molar-refractivity contribution in [1.29, 1.82) is 0 Å². The molecule has 1 N–H and O–H groups in total. The Morgan fingerprint density at radius 2 is 1.37 bits per heavy atom. The lowest BCUT2D eigenvalue weighted by Gasteiger charge is -2.18. The highest BCUT2D eigenvalue weighted by molar-refractivity contribution is 5.99. The second-order valence-electron chi connectivity index (χ2n) is 6.45. The van der Waals surface area contributed by atoms with E-state index in [1.807, 2.05) is 74.5 Å². The van der Waals surface area contributed by atoms with Crippen molar-refractivity contribution in [3.63, 3.8) is 0 Å². The molecule has 136 valence electrons. The number of anilines is 1. The molecule has 0 aliphatic heterocycles. The van der Waals surface area contributed by atoms with Crippen molar-refractivity contribution in [1.82, 2.24) is 0 Å². The maximum absolute atomic E-state index is 13.2. The first kappa shape index (κ1) is 18.3. The van der Waals surface area contributed by atoms with Crippen LogP contribution in [0.25, 0.3) is 0 Å². The molecule has 27 heavy (non-hydrogen) atoms. The molecule has 5 nitrogen and oxygen atoms in total. The van der Waals surface area contributed by atoms with Crippen LogP contribution in [0.3, 0.4) is 0 Å². The molecule has 0 fully saturated rings. The Labute approximate surface area is 157 Å². The molecule has 0 aliphatic rings. The molecule has 3 aromatic rings. The Morgan fingerprint density at radius 1 is 0.889 bits per heavy atom. The van der Waals surface area contributed by atoms with Crippen LogP contribution in [0, 0.1) is 24.0 Å². The van der Waals surface area contributed by atoms with Crippen molar-refractivity contribution in [3.8, 4) is 0 Å². The van der Waals surface area contributed by atoms with Gasteiger partial charge in [-0.15, -0.1) is 0 Å². The van der Waals surface area contributed by atoms with Crippen molar-refractivity contribution in [2.75, 3.05) is 5.32 Å². The molecule has 0 saturated heterocycles. The highest BCUT2D eigenvalue weighted by Gasteiger charge is 2.25. The molecule has 5 heteroatoms. The van der Waals surface area contributed by atoms with Gasteiger partial charge in [-0.25, -0.2) is 0 Å². The normalized spacial score (nSPS) is 10.6. The monoisotopic (exact) mass is 360 g/mol. The molecule has 0 bridgehead atoms. The number of carbonyl (C=O) groups is 1. The van der Waals surface area contributed by atoms with E-state index in [9.17, 15) is 14.9 Å². The van der Waals surface area contributed by atoms with E-state index in [0.717, 1.165) is 22.3 Å². The van der Waals surface area contributed by atoms with E-state index in [-0.39, 0.29) is 17.3 Å². The molecule has 0 saturated carbocycles. The van der Waals surface area contributed by atoms with E-state index in [1.165, 1.54) is 6.07 Å². The summed E-state index contributed by atoms with van der Waals surface area (Å²) in [6, 6.07) is 21.9. The fourth-order valence-corrected chi connectivity index (χ4v) is 3.04. The third-order valence-corrected chi connectivity index (χ3v) is 4.59. The average Bonchev–Trinajstić information content (AvgIpc) is 2.66. The number of amides is 1. The van der Waals surface area contributed by atoms with E-state index in [0.29, 0.717) is 0 Å². The second kappa shape index (κ2) is 7.83. The lowest BCUT2D eigenvalue weighted by atomic mass is 9.90. The molecule has 3 rings (SSSR count). The first-order chi connectivity index (χ1) is 13.0. The van der Waals surface area contributed by atoms with Crippen LogP contribution in [0.5, 0.6) is 0 Å². The van der Waals surface area contributed by atoms with Gasteiger partial charge in [0.15, 0.2) is 0 Å². The Kier molecular flexibility index (Phi) is 5.31. The van der Waals surface area contributed by atoms with Crippen LogP contribution in [0.1, 0.15) is 28.2 Å². The van der Waals surface area contributed by atoms with E-state index in [2.05, 4.69) is 5.32 Å². The standard InChI is InChI=1S/C22H20N2O3/c1-15-13-19(20(24(26)27)14-16(15)2)23-22(25)21(17-9-5-3-6-10-17)18-11-7-4-8-12-18/h3-14,21H,1-2H3,(H,23,25). The van der Waals surface area contributed by atoms with Crippen molar-refractivity contribution in [2.24, 2.45) is 0 Å². The lowest BCUT2D eigenvalue weighted by Crippen LogP contribution is -2.22. The van der Waals surface area contributed by atoms with Gasteiger partial charge in [-0.05, 0) is 42.2 Å². The molecule has 3 aromatic carbocycles. The van der Waals surface area contributed by atoms with Crippen LogP contribution in [-0.2, 0) is 4.79 Å². The summed E-state index contributed by atoms with van der Waals surface area (Å²) in [4.78, 5) is 24.1. The topological polar surface area (TPSA) is 72.2 Å². The minimum absolute atomic E-state index is 0.105. The molecular weight excluding hydrogens is 340 g/mol. The second-order valence-corrected chi connectivity index (χ2v) is 6.45. The van der Waals surface area contributed by atoms with Crippen LogP contribution in [0.2, 0.25) is 0 Å². The summed E-state index contributed by atoms with van der Waals surface area (Å²) in [7, 11) is 0. The summed E-state index contributed by atoms with van der Waals surface area (Å²) < 4.78 is 0. The van der Waals surface area contributed by atoms with Crippen LogP contribution in [0.15, 0.2) is 72.8 Å². The van der Waals surface area contributed by atoms with Gasteiger partial charge < -0.3 is 5.32 Å². The third kappa shape index (κ3) is 4.03. The number of nitro benzene ring substituents is 1. The highest BCUT2D eigenvalue weighted by Crippen LogP contribution is 2.31. The number of rotatable bonds is 5. The van der Waals surface area contributed by atoms with E-state index < -0.39 is 10.8 Å². The summed E-state index contributed by atoms with van der Waals surface area (Å²) in [6.07, 6.45) is 0. The Hall–Kier alpha value is -3.47. The maximum atomic E-state index is 13.2. The first-order valence-corrected chi connectivity index (χ1v) is 8.63. The van der Waals surface area contributed by atoms with Gasteiger partial charge in [-0.2, -0.15) is 0 Å². The van der Waals surface area contributed by atoms with Gasteiger partial charge in [0, 0.05) is 6.07 Å². The number of hydrogen-bond donors (Lipinski definition) is 1. The molecule has 0 atom stereocenters. The van der Waals surface area contributed by atoms with Gasteiger partial charge in [-0.3, -0.25) is 14.9 Å². The van der Waals surface area contributed by atoms with Gasteiger partial charge >= 0.3 is 0 Å². The number of nitrogens with zero attached hydrogens (tertiary/aromatic N) is 1. The van der Waals surface area contributed by atoms with Gasteiger partial charge in [0.2, 0.25) is 5.91 Å². The zero-order chi connectivity index (χ0) is 19.4. The fraction of sp³-hybridized carbons (Fsp3) is 0.136. The van der Waals surface area contributed by atoms with Crippen molar-refractivity contribution in [2.45, 2.75) is 19.8 Å². The summed E-state index contributed by atoms with van der Waals surface area (Å²) in [5, 5.41) is 14.2. The smallest absolute Gasteiger partial charge is 0.293 e. The summed E-state index contributed by atoms with van der Waals surface area (Å²) in [6.45, 7) is 3.67. The van der Waals surface area contributed by atoms with Crippen LogP contribution >= 0.6 is 0 Å². The SMILES string of the molecule is Cc1cc(NC(=O)C(c2ccccc2)c2ccccc2)c([N+](=O)[O-])cc1C. The quantitative estimate of drug-likeness (QED) is 0.515.